The van der Waals surface area contributed by atoms with E-state index in [1.807, 2.05) is 54.6 Å². The van der Waals surface area contributed by atoms with Gasteiger partial charge in [-0.3, -0.25) is 4.79 Å². The van der Waals surface area contributed by atoms with Crippen molar-refractivity contribution in [3.05, 3.63) is 83.4 Å². The summed E-state index contributed by atoms with van der Waals surface area (Å²) in [4.78, 5) is 17.3. The number of sulfonamides is 1. The van der Waals surface area contributed by atoms with E-state index in [9.17, 15) is 13.2 Å². The molecule has 1 aliphatic rings. The number of ether oxygens (including phenoxy) is 2. The third kappa shape index (κ3) is 6.59. The van der Waals surface area contributed by atoms with Crippen molar-refractivity contribution in [2.24, 2.45) is 0 Å². The van der Waals surface area contributed by atoms with Crippen LogP contribution in [0, 0.1) is 0 Å². The second-order valence-electron chi connectivity index (χ2n) is 8.94. The van der Waals surface area contributed by atoms with Crippen LogP contribution >= 0.6 is 11.6 Å². The van der Waals surface area contributed by atoms with E-state index in [0.717, 1.165) is 17.0 Å². The zero-order valence-electron chi connectivity index (χ0n) is 21.5. The van der Waals surface area contributed by atoms with Crippen LogP contribution in [0.4, 0.5) is 5.69 Å². The largest absolute Gasteiger partial charge is 0.497 e. The molecule has 0 atom stereocenters. The Morgan fingerprint density at radius 1 is 0.921 bits per heavy atom. The molecule has 0 N–H and O–H groups in total. The van der Waals surface area contributed by atoms with Gasteiger partial charge >= 0.3 is 0 Å². The molecule has 0 aromatic heterocycles. The number of benzene rings is 3. The van der Waals surface area contributed by atoms with E-state index in [4.69, 9.17) is 21.1 Å². The third-order valence-electron chi connectivity index (χ3n) is 6.64. The average Bonchev–Trinajstić information content (AvgIpc) is 2.95. The molecule has 1 saturated heterocycles. The van der Waals surface area contributed by atoms with Gasteiger partial charge in [-0.1, -0.05) is 41.9 Å². The predicted octanol–water partition coefficient (Wildman–Crippen LogP) is 3.94. The predicted molar refractivity (Wildman–Crippen MR) is 149 cm³/mol. The van der Waals surface area contributed by atoms with E-state index >= 15 is 0 Å². The van der Waals surface area contributed by atoms with Gasteiger partial charge in [-0.2, -0.15) is 4.31 Å². The fraction of sp³-hybridized carbons (Fsp3) is 0.321. The fourth-order valence-corrected chi connectivity index (χ4v) is 6.14. The first kappa shape index (κ1) is 27.8. The van der Waals surface area contributed by atoms with Crippen molar-refractivity contribution in [3.8, 4) is 11.5 Å². The number of hydrogen-bond acceptors (Lipinski definition) is 6. The molecule has 0 aliphatic carbocycles. The van der Waals surface area contributed by atoms with Crippen molar-refractivity contribution in [3.63, 3.8) is 0 Å². The Labute approximate surface area is 229 Å². The van der Waals surface area contributed by atoms with Gasteiger partial charge in [0.2, 0.25) is 15.9 Å². The summed E-state index contributed by atoms with van der Waals surface area (Å²) in [6.07, 6.45) is 0.475. The van der Waals surface area contributed by atoms with Gasteiger partial charge in [0.05, 0.1) is 30.7 Å². The molecule has 38 heavy (non-hydrogen) atoms. The fourth-order valence-electron chi connectivity index (χ4n) is 4.40. The van der Waals surface area contributed by atoms with Crippen LogP contribution in [0.15, 0.2) is 77.7 Å². The molecule has 202 valence electrons. The summed E-state index contributed by atoms with van der Waals surface area (Å²) in [5.74, 6) is 0.945. The Hall–Kier alpha value is -3.27. The summed E-state index contributed by atoms with van der Waals surface area (Å²) >= 11 is 6.23. The molecule has 1 heterocycles. The molecule has 1 amide bonds. The van der Waals surface area contributed by atoms with Gasteiger partial charge in [0.25, 0.3) is 0 Å². The zero-order valence-corrected chi connectivity index (χ0v) is 23.1. The molecule has 0 saturated carbocycles. The van der Waals surface area contributed by atoms with Gasteiger partial charge in [-0.05, 0) is 54.4 Å². The van der Waals surface area contributed by atoms with Crippen LogP contribution in [0.3, 0.4) is 0 Å². The van der Waals surface area contributed by atoms with Crippen LogP contribution in [-0.4, -0.2) is 77.0 Å². The number of anilines is 1. The van der Waals surface area contributed by atoms with E-state index in [1.165, 1.54) is 29.6 Å². The lowest BCUT2D eigenvalue weighted by molar-refractivity contribution is -0.131. The molecule has 0 bridgehead atoms. The summed E-state index contributed by atoms with van der Waals surface area (Å²) < 4.78 is 38.9. The molecule has 4 rings (SSSR count). The van der Waals surface area contributed by atoms with Crippen LogP contribution in [0.25, 0.3) is 0 Å². The second kappa shape index (κ2) is 12.5. The highest BCUT2D eigenvalue weighted by Gasteiger charge is 2.30. The summed E-state index contributed by atoms with van der Waals surface area (Å²) in [7, 11) is -0.891. The first-order chi connectivity index (χ1) is 18.3. The van der Waals surface area contributed by atoms with Gasteiger partial charge in [-0.15, -0.1) is 0 Å². The van der Waals surface area contributed by atoms with Gasteiger partial charge in [0.1, 0.15) is 11.5 Å². The molecule has 1 aliphatic heterocycles. The van der Waals surface area contributed by atoms with Gasteiger partial charge in [-0.25, -0.2) is 8.42 Å². The normalized spacial score (nSPS) is 14.0. The van der Waals surface area contributed by atoms with Crippen LogP contribution in [0.2, 0.25) is 5.02 Å². The van der Waals surface area contributed by atoms with Crippen LogP contribution in [0.1, 0.15) is 5.56 Å². The quantitative estimate of drug-likeness (QED) is 0.376. The maximum atomic E-state index is 13.7. The number of halogens is 1. The second-order valence-corrected chi connectivity index (χ2v) is 11.3. The van der Waals surface area contributed by atoms with Crippen molar-refractivity contribution < 1.29 is 22.7 Å². The lowest BCUT2D eigenvalue weighted by Gasteiger charge is -2.37. The Morgan fingerprint density at radius 3 is 2.21 bits per heavy atom. The first-order valence-electron chi connectivity index (χ1n) is 12.4. The molecule has 8 nitrogen and oxygen atoms in total. The third-order valence-corrected chi connectivity index (χ3v) is 8.77. The van der Waals surface area contributed by atoms with Crippen molar-refractivity contribution in [1.82, 2.24) is 9.21 Å². The number of carbonyl (C=O) groups is 1. The first-order valence-corrected chi connectivity index (χ1v) is 14.2. The molecule has 0 radical (unpaired) electrons. The molecular weight excluding hydrogens is 526 g/mol. The molecule has 1 fully saturated rings. The minimum atomic E-state index is -3.99. The topological polar surface area (TPSA) is 79.4 Å². The Kier molecular flexibility index (Phi) is 9.14. The van der Waals surface area contributed by atoms with Crippen molar-refractivity contribution in [2.75, 3.05) is 58.4 Å². The molecule has 0 spiro atoms. The number of amides is 1. The van der Waals surface area contributed by atoms with Crippen molar-refractivity contribution >= 4 is 33.2 Å². The highest BCUT2D eigenvalue weighted by molar-refractivity contribution is 7.89. The Balaban J connectivity index is 1.47. The van der Waals surface area contributed by atoms with Crippen LogP contribution in [0.5, 0.6) is 11.5 Å². The zero-order chi connectivity index (χ0) is 27.1. The van der Waals surface area contributed by atoms with Gasteiger partial charge in [0, 0.05) is 38.4 Å². The molecule has 0 unspecified atom stereocenters. The van der Waals surface area contributed by atoms with Crippen LogP contribution in [-0.2, 0) is 21.2 Å². The number of piperazine rings is 1. The number of carbonyl (C=O) groups excluding carboxylic acids is 1. The van der Waals surface area contributed by atoms with E-state index < -0.39 is 10.0 Å². The highest BCUT2D eigenvalue weighted by atomic mass is 35.5. The standard InChI is InChI=1S/C28H32ClN3O5S/c1-36-24-10-8-23(9-11-24)30-16-18-31(19-17-30)28(33)21-32(15-14-22-6-4-3-5-7-22)38(34,35)25-12-13-27(37-2)26(29)20-25/h3-13,20H,14-19,21H2,1-2H3. The van der Waals surface area contributed by atoms with E-state index in [-0.39, 0.29) is 28.9 Å². The van der Waals surface area contributed by atoms with Crippen molar-refractivity contribution in [1.29, 1.82) is 0 Å². The molecule has 3 aromatic carbocycles. The maximum Gasteiger partial charge on any atom is 0.243 e. The van der Waals surface area contributed by atoms with Gasteiger partial charge < -0.3 is 19.3 Å². The molecular formula is C28H32ClN3O5S. The van der Waals surface area contributed by atoms with Gasteiger partial charge in [0.15, 0.2) is 0 Å². The summed E-state index contributed by atoms with van der Waals surface area (Å²) in [6.45, 7) is 2.23. The Bertz CT molecular complexity index is 1330. The number of rotatable bonds is 10. The monoisotopic (exact) mass is 557 g/mol. The summed E-state index contributed by atoms with van der Waals surface area (Å²) in [6, 6.07) is 21.7. The smallest absolute Gasteiger partial charge is 0.243 e. The number of hydrogen-bond donors (Lipinski definition) is 0. The lowest BCUT2D eigenvalue weighted by atomic mass is 10.1. The summed E-state index contributed by atoms with van der Waals surface area (Å²) in [5, 5.41) is 0.192. The Morgan fingerprint density at radius 2 is 1.61 bits per heavy atom. The molecule has 10 heteroatoms. The molecule has 3 aromatic rings. The number of methoxy groups -OCH3 is 2. The van der Waals surface area contributed by atoms with Crippen LogP contribution < -0.4 is 14.4 Å². The average molecular weight is 558 g/mol. The van der Waals surface area contributed by atoms with E-state index in [0.29, 0.717) is 38.3 Å². The minimum Gasteiger partial charge on any atom is -0.497 e. The van der Waals surface area contributed by atoms with E-state index in [2.05, 4.69) is 4.90 Å². The lowest BCUT2D eigenvalue weighted by Crippen LogP contribution is -2.52. The SMILES string of the molecule is COc1ccc(N2CCN(C(=O)CN(CCc3ccccc3)S(=O)(=O)c3ccc(OC)c(Cl)c3)CC2)cc1. The summed E-state index contributed by atoms with van der Waals surface area (Å²) in [5.41, 5.74) is 2.04. The van der Waals surface area contributed by atoms with Crippen molar-refractivity contribution in [2.45, 2.75) is 11.3 Å². The minimum absolute atomic E-state index is 0.0217. The highest BCUT2D eigenvalue weighted by Crippen LogP contribution is 2.29. The maximum absolute atomic E-state index is 13.7. The van der Waals surface area contributed by atoms with E-state index in [1.54, 1.807) is 12.0 Å². The number of nitrogens with zero attached hydrogens (tertiary/aromatic N) is 3.